The van der Waals surface area contributed by atoms with E-state index < -0.39 is 6.10 Å². The standard InChI is InChI=1S/C20H25NO4/c1-13-7-6-8-17(11-13)25-15(3)20(22)21-14(2)18-12-16(23-4)9-10-19(18)24-5/h6-12,14-15H,1-5H3,(H,21,22). The van der Waals surface area contributed by atoms with E-state index in [-0.39, 0.29) is 11.9 Å². The fraction of sp³-hybridized carbons (Fsp3) is 0.350. The van der Waals surface area contributed by atoms with Crippen LogP contribution in [0.2, 0.25) is 0 Å². The molecule has 2 unspecified atom stereocenters. The van der Waals surface area contributed by atoms with Gasteiger partial charge in [-0.05, 0) is 56.7 Å². The van der Waals surface area contributed by atoms with Crippen molar-refractivity contribution in [1.82, 2.24) is 5.32 Å². The Labute approximate surface area is 148 Å². The number of carbonyl (C=O) groups is 1. The summed E-state index contributed by atoms with van der Waals surface area (Å²) < 4.78 is 16.4. The molecule has 0 saturated heterocycles. The van der Waals surface area contributed by atoms with Gasteiger partial charge < -0.3 is 19.5 Å². The molecule has 0 aliphatic rings. The van der Waals surface area contributed by atoms with E-state index in [0.717, 1.165) is 11.1 Å². The molecule has 0 aliphatic carbocycles. The van der Waals surface area contributed by atoms with Crippen LogP contribution in [-0.2, 0) is 4.79 Å². The number of aryl methyl sites for hydroxylation is 1. The second kappa shape index (κ2) is 8.42. The van der Waals surface area contributed by atoms with Gasteiger partial charge in [-0.25, -0.2) is 0 Å². The minimum Gasteiger partial charge on any atom is -0.497 e. The molecule has 25 heavy (non-hydrogen) atoms. The summed E-state index contributed by atoms with van der Waals surface area (Å²) in [5, 5.41) is 2.96. The fourth-order valence-corrected chi connectivity index (χ4v) is 2.53. The maximum atomic E-state index is 12.5. The lowest BCUT2D eigenvalue weighted by Gasteiger charge is -2.21. The zero-order valence-electron chi connectivity index (χ0n) is 15.3. The average Bonchev–Trinajstić information content (AvgIpc) is 2.60. The molecule has 5 nitrogen and oxygen atoms in total. The van der Waals surface area contributed by atoms with E-state index in [2.05, 4.69) is 5.32 Å². The quantitative estimate of drug-likeness (QED) is 0.834. The average molecular weight is 343 g/mol. The highest BCUT2D eigenvalue weighted by molar-refractivity contribution is 5.81. The SMILES string of the molecule is COc1ccc(OC)c(C(C)NC(=O)C(C)Oc2cccc(C)c2)c1. The number of carbonyl (C=O) groups excluding carboxylic acids is 1. The number of nitrogens with one attached hydrogen (secondary N) is 1. The van der Waals surface area contributed by atoms with Crippen LogP contribution in [0.25, 0.3) is 0 Å². The minimum atomic E-state index is -0.610. The number of hydrogen-bond donors (Lipinski definition) is 1. The van der Waals surface area contributed by atoms with Crippen molar-refractivity contribution in [2.75, 3.05) is 14.2 Å². The monoisotopic (exact) mass is 343 g/mol. The highest BCUT2D eigenvalue weighted by Gasteiger charge is 2.20. The van der Waals surface area contributed by atoms with Crippen LogP contribution in [0.15, 0.2) is 42.5 Å². The van der Waals surface area contributed by atoms with Crippen LogP contribution in [0, 0.1) is 6.92 Å². The summed E-state index contributed by atoms with van der Waals surface area (Å²) in [7, 11) is 3.20. The van der Waals surface area contributed by atoms with E-state index in [4.69, 9.17) is 14.2 Å². The zero-order chi connectivity index (χ0) is 18.4. The molecule has 0 saturated carbocycles. The molecule has 2 atom stereocenters. The van der Waals surface area contributed by atoms with Gasteiger partial charge in [-0.3, -0.25) is 4.79 Å². The molecule has 0 bridgehead atoms. The number of methoxy groups -OCH3 is 2. The second-order valence-electron chi connectivity index (χ2n) is 5.91. The third kappa shape index (κ3) is 4.89. The molecule has 134 valence electrons. The maximum Gasteiger partial charge on any atom is 0.261 e. The van der Waals surface area contributed by atoms with E-state index in [9.17, 15) is 4.79 Å². The Kier molecular flexibility index (Phi) is 6.28. The summed E-state index contributed by atoms with van der Waals surface area (Å²) in [6.45, 7) is 5.61. The lowest BCUT2D eigenvalue weighted by atomic mass is 10.1. The van der Waals surface area contributed by atoms with Gasteiger partial charge in [0.15, 0.2) is 6.10 Å². The highest BCUT2D eigenvalue weighted by Crippen LogP contribution is 2.29. The van der Waals surface area contributed by atoms with Gasteiger partial charge in [-0.15, -0.1) is 0 Å². The molecular weight excluding hydrogens is 318 g/mol. The normalized spacial score (nSPS) is 12.8. The number of benzene rings is 2. The lowest BCUT2D eigenvalue weighted by Crippen LogP contribution is -2.37. The molecule has 2 rings (SSSR count). The van der Waals surface area contributed by atoms with Crippen molar-refractivity contribution in [2.24, 2.45) is 0 Å². The Bertz CT molecular complexity index is 729. The molecule has 2 aromatic rings. The van der Waals surface area contributed by atoms with Gasteiger partial charge in [0.25, 0.3) is 5.91 Å². The van der Waals surface area contributed by atoms with Crippen molar-refractivity contribution >= 4 is 5.91 Å². The summed E-state index contributed by atoms with van der Waals surface area (Å²) in [6.07, 6.45) is -0.610. The molecular formula is C20H25NO4. The van der Waals surface area contributed by atoms with Crippen LogP contribution in [0.1, 0.15) is 31.0 Å². The first-order chi connectivity index (χ1) is 11.9. The van der Waals surface area contributed by atoms with Crippen molar-refractivity contribution < 1.29 is 19.0 Å². The van der Waals surface area contributed by atoms with Gasteiger partial charge in [-0.2, -0.15) is 0 Å². The first-order valence-corrected chi connectivity index (χ1v) is 8.20. The van der Waals surface area contributed by atoms with Gasteiger partial charge in [0.1, 0.15) is 17.2 Å². The van der Waals surface area contributed by atoms with Crippen LogP contribution in [0.3, 0.4) is 0 Å². The summed E-state index contributed by atoms with van der Waals surface area (Å²) in [5.41, 5.74) is 1.93. The fourth-order valence-electron chi connectivity index (χ4n) is 2.53. The molecule has 0 aliphatic heterocycles. The van der Waals surface area contributed by atoms with Gasteiger partial charge in [-0.1, -0.05) is 12.1 Å². The van der Waals surface area contributed by atoms with Gasteiger partial charge in [0.05, 0.1) is 20.3 Å². The molecule has 1 amide bonds. The minimum absolute atomic E-state index is 0.195. The van der Waals surface area contributed by atoms with Crippen LogP contribution >= 0.6 is 0 Å². The molecule has 0 heterocycles. The van der Waals surface area contributed by atoms with E-state index in [0.29, 0.717) is 17.2 Å². The Morgan fingerprint density at radius 2 is 1.76 bits per heavy atom. The third-order valence-electron chi connectivity index (χ3n) is 3.93. The summed E-state index contributed by atoms with van der Waals surface area (Å²) in [5.74, 6) is 1.88. The van der Waals surface area contributed by atoms with E-state index >= 15 is 0 Å². The van der Waals surface area contributed by atoms with E-state index in [1.54, 1.807) is 21.1 Å². The molecule has 2 aromatic carbocycles. The first-order valence-electron chi connectivity index (χ1n) is 8.20. The maximum absolute atomic E-state index is 12.5. The smallest absolute Gasteiger partial charge is 0.261 e. The van der Waals surface area contributed by atoms with E-state index in [1.807, 2.05) is 56.3 Å². The summed E-state index contributed by atoms with van der Waals surface area (Å²) in [4.78, 5) is 12.5. The Balaban J connectivity index is 2.06. The molecule has 0 spiro atoms. The Morgan fingerprint density at radius 1 is 1.00 bits per heavy atom. The zero-order valence-corrected chi connectivity index (χ0v) is 15.3. The lowest BCUT2D eigenvalue weighted by molar-refractivity contribution is -0.127. The Hall–Kier alpha value is -2.69. The number of amides is 1. The van der Waals surface area contributed by atoms with Crippen molar-refractivity contribution in [3.63, 3.8) is 0 Å². The predicted molar refractivity (Wildman–Crippen MR) is 97.4 cm³/mol. The van der Waals surface area contributed by atoms with Crippen LogP contribution < -0.4 is 19.5 Å². The molecule has 0 aromatic heterocycles. The number of hydrogen-bond acceptors (Lipinski definition) is 4. The molecule has 1 N–H and O–H groups in total. The van der Waals surface area contributed by atoms with Crippen molar-refractivity contribution in [2.45, 2.75) is 32.9 Å². The van der Waals surface area contributed by atoms with Gasteiger partial charge >= 0.3 is 0 Å². The van der Waals surface area contributed by atoms with Crippen LogP contribution in [0.5, 0.6) is 17.2 Å². The summed E-state index contributed by atoms with van der Waals surface area (Å²) >= 11 is 0. The van der Waals surface area contributed by atoms with Gasteiger partial charge in [0.2, 0.25) is 0 Å². The predicted octanol–water partition coefficient (Wildman–Crippen LogP) is 3.66. The van der Waals surface area contributed by atoms with Crippen molar-refractivity contribution in [3.8, 4) is 17.2 Å². The number of rotatable bonds is 7. The van der Waals surface area contributed by atoms with Crippen LogP contribution in [-0.4, -0.2) is 26.2 Å². The largest absolute Gasteiger partial charge is 0.497 e. The topological polar surface area (TPSA) is 56.8 Å². The molecule has 0 fully saturated rings. The van der Waals surface area contributed by atoms with E-state index in [1.165, 1.54) is 0 Å². The summed E-state index contributed by atoms with van der Waals surface area (Å²) in [6, 6.07) is 12.9. The Morgan fingerprint density at radius 3 is 2.40 bits per heavy atom. The van der Waals surface area contributed by atoms with Crippen LogP contribution in [0.4, 0.5) is 0 Å². The third-order valence-corrected chi connectivity index (χ3v) is 3.93. The second-order valence-corrected chi connectivity index (χ2v) is 5.91. The number of ether oxygens (including phenoxy) is 3. The molecule has 0 radical (unpaired) electrons. The van der Waals surface area contributed by atoms with Crippen molar-refractivity contribution in [3.05, 3.63) is 53.6 Å². The van der Waals surface area contributed by atoms with Crippen molar-refractivity contribution in [1.29, 1.82) is 0 Å². The van der Waals surface area contributed by atoms with Gasteiger partial charge in [0, 0.05) is 5.56 Å². The highest BCUT2D eigenvalue weighted by atomic mass is 16.5. The molecule has 5 heteroatoms. The first kappa shape index (κ1) is 18.6.